The lowest BCUT2D eigenvalue weighted by Gasteiger charge is -2.36. The molecule has 2 aliphatic heterocycles. The van der Waals surface area contributed by atoms with Gasteiger partial charge in [0, 0.05) is 31.9 Å². The van der Waals surface area contributed by atoms with Crippen LogP contribution < -0.4 is 9.64 Å². The van der Waals surface area contributed by atoms with Crippen LogP contribution in [0, 0.1) is 0 Å². The van der Waals surface area contributed by atoms with Crippen LogP contribution in [0.4, 0.5) is 10.5 Å². The van der Waals surface area contributed by atoms with E-state index in [0.717, 1.165) is 22.3 Å². The van der Waals surface area contributed by atoms with Gasteiger partial charge in [0.2, 0.25) is 5.91 Å². The summed E-state index contributed by atoms with van der Waals surface area (Å²) in [7, 11) is 0. The summed E-state index contributed by atoms with van der Waals surface area (Å²) >= 11 is 7.63. The van der Waals surface area contributed by atoms with E-state index in [0.29, 0.717) is 46.4 Å². The minimum Gasteiger partial charge on any atom is -0.483 e. The van der Waals surface area contributed by atoms with E-state index in [4.69, 9.17) is 4.74 Å². The number of imide groups is 1. The number of carbonyl (C=O) groups excluding carboxylic acids is 4. The SMILES string of the molecule is CC(=O)COc1c(Br)cc(/C=C2\SC(=O)N(CC(=O)N3CCN(c4ccccc4)CC3)C2=O)cc1Br. The van der Waals surface area contributed by atoms with Gasteiger partial charge in [-0.2, -0.15) is 0 Å². The van der Waals surface area contributed by atoms with Gasteiger partial charge in [0.15, 0.2) is 5.78 Å². The Morgan fingerprint density at radius 2 is 1.67 bits per heavy atom. The van der Waals surface area contributed by atoms with Crippen LogP contribution in [0.1, 0.15) is 12.5 Å². The molecule has 2 heterocycles. The quantitative estimate of drug-likeness (QED) is 0.412. The van der Waals surface area contributed by atoms with Crippen molar-refractivity contribution in [3.8, 4) is 5.75 Å². The minimum absolute atomic E-state index is 0.0647. The van der Waals surface area contributed by atoms with Crippen LogP contribution >= 0.6 is 43.6 Å². The Balaban J connectivity index is 1.38. The molecule has 2 aromatic rings. The van der Waals surface area contributed by atoms with Gasteiger partial charge in [-0.05, 0) is 86.5 Å². The first kappa shape index (κ1) is 26.4. The fraction of sp³-hybridized carbons (Fsp3) is 0.280. The Hall–Kier alpha value is -2.63. The Labute approximate surface area is 229 Å². The number of Topliss-reactive ketones (excluding diaryl/α,β-unsaturated/α-hetero) is 1. The number of hydrogen-bond acceptors (Lipinski definition) is 7. The van der Waals surface area contributed by atoms with Crippen LogP contribution in [-0.4, -0.2) is 72.0 Å². The normalized spacial score (nSPS) is 17.2. The van der Waals surface area contributed by atoms with E-state index in [2.05, 4.69) is 36.8 Å². The molecular weight excluding hydrogens is 614 g/mol. The Morgan fingerprint density at radius 1 is 1.03 bits per heavy atom. The fourth-order valence-electron chi connectivity index (χ4n) is 3.85. The number of halogens is 2. The van der Waals surface area contributed by atoms with Crippen molar-refractivity contribution in [2.75, 3.05) is 44.2 Å². The second-order valence-corrected chi connectivity index (χ2v) is 11.0. The molecule has 2 aromatic carbocycles. The number of rotatable bonds is 7. The lowest BCUT2D eigenvalue weighted by Crippen LogP contribution is -2.51. The highest BCUT2D eigenvalue weighted by Crippen LogP contribution is 2.37. The van der Waals surface area contributed by atoms with Gasteiger partial charge in [-0.25, -0.2) is 0 Å². The van der Waals surface area contributed by atoms with Crippen LogP contribution in [-0.2, 0) is 14.4 Å². The van der Waals surface area contributed by atoms with E-state index in [1.165, 1.54) is 6.92 Å². The lowest BCUT2D eigenvalue weighted by atomic mass is 10.2. The van der Waals surface area contributed by atoms with Crippen LogP contribution in [0.25, 0.3) is 6.08 Å². The first-order valence-corrected chi connectivity index (χ1v) is 13.6. The number of ether oxygens (including phenoxy) is 1. The molecule has 3 amide bonds. The monoisotopic (exact) mass is 635 g/mol. The number of hydrogen-bond donors (Lipinski definition) is 0. The number of thioether (sulfide) groups is 1. The molecule has 0 atom stereocenters. The predicted molar refractivity (Wildman–Crippen MR) is 146 cm³/mol. The number of para-hydroxylation sites is 1. The number of carbonyl (C=O) groups is 4. The largest absolute Gasteiger partial charge is 0.483 e. The summed E-state index contributed by atoms with van der Waals surface area (Å²) in [5, 5.41) is -0.470. The molecule has 36 heavy (non-hydrogen) atoms. The van der Waals surface area contributed by atoms with Crippen LogP contribution in [0.2, 0.25) is 0 Å². The van der Waals surface area contributed by atoms with Gasteiger partial charge in [-0.15, -0.1) is 0 Å². The molecule has 4 rings (SSSR count). The maximum Gasteiger partial charge on any atom is 0.294 e. The highest BCUT2D eigenvalue weighted by molar-refractivity contribution is 9.11. The molecule has 2 saturated heterocycles. The Kier molecular flexibility index (Phi) is 8.53. The zero-order valence-electron chi connectivity index (χ0n) is 19.4. The second-order valence-electron chi connectivity index (χ2n) is 8.28. The third-order valence-corrected chi connectivity index (χ3v) is 7.74. The second kappa shape index (κ2) is 11.6. The average molecular weight is 637 g/mol. The van der Waals surface area contributed by atoms with Crippen molar-refractivity contribution in [3.05, 3.63) is 61.9 Å². The van der Waals surface area contributed by atoms with E-state index >= 15 is 0 Å². The van der Waals surface area contributed by atoms with Crippen molar-refractivity contribution in [1.82, 2.24) is 9.80 Å². The van der Waals surface area contributed by atoms with Crippen molar-refractivity contribution >= 4 is 78.2 Å². The molecular formula is C25H23Br2N3O5S. The molecule has 0 aliphatic carbocycles. The van der Waals surface area contributed by atoms with E-state index in [9.17, 15) is 19.2 Å². The minimum atomic E-state index is -0.495. The average Bonchev–Trinajstić information content (AvgIpc) is 3.11. The number of amides is 3. The van der Waals surface area contributed by atoms with Gasteiger partial charge in [-0.3, -0.25) is 24.1 Å². The van der Waals surface area contributed by atoms with E-state index in [1.807, 2.05) is 30.3 Å². The molecule has 0 aromatic heterocycles. The summed E-state index contributed by atoms with van der Waals surface area (Å²) in [6, 6.07) is 13.5. The van der Waals surface area contributed by atoms with Crippen molar-refractivity contribution in [1.29, 1.82) is 0 Å². The van der Waals surface area contributed by atoms with E-state index in [1.54, 1.807) is 23.1 Å². The summed E-state index contributed by atoms with van der Waals surface area (Å²) in [6.07, 6.45) is 1.60. The molecule has 0 saturated carbocycles. The summed E-state index contributed by atoms with van der Waals surface area (Å²) in [6.45, 7) is 3.52. The molecule has 188 valence electrons. The van der Waals surface area contributed by atoms with Crippen molar-refractivity contribution in [2.45, 2.75) is 6.92 Å². The van der Waals surface area contributed by atoms with Gasteiger partial charge in [-0.1, -0.05) is 18.2 Å². The summed E-state index contributed by atoms with van der Waals surface area (Å²) in [5.74, 6) is -0.387. The third kappa shape index (κ3) is 6.19. The first-order chi connectivity index (χ1) is 17.2. The predicted octanol–water partition coefficient (Wildman–Crippen LogP) is 4.56. The van der Waals surface area contributed by atoms with Gasteiger partial charge >= 0.3 is 0 Å². The maximum atomic E-state index is 12.9. The van der Waals surface area contributed by atoms with Gasteiger partial charge in [0.25, 0.3) is 11.1 Å². The van der Waals surface area contributed by atoms with Crippen LogP contribution in [0.3, 0.4) is 0 Å². The number of anilines is 1. The van der Waals surface area contributed by atoms with Gasteiger partial charge in [0.05, 0.1) is 13.9 Å². The standard InChI is InChI=1S/C25H23Br2N3O5S/c1-16(31)15-35-23-19(26)11-17(12-20(23)27)13-21-24(33)30(25(34)36-21)14-22(32)29-9-7-28(8-10-29)18-5-3-2-4-6-18/h2-6,11-13H,7-10,14-15H2,1H3/b21-13-. The highest BCUT2D eigenvalue weighted by Gasteiger charge is 2.37. The number of piperazine rings is 1. The number of benzene rings is 2. The highest BCUT2D eigenvalue weighted by atomic mass is 79.9. The van der Waals surface area contributed by atoms with Gasteiger partial charge < -0.3 is 14.5 Å². The Morgan fingerprint density at radius 3 is 2.28 bits per heavy atom. The first-order valence-electron chi connectivity index (χ1n) is 11.2. The van der Waals surface area contributed by atoms with Crippen molar-refractivity contribution in [2.24, 2.45) is 0 Å². The smallest absolute Gasteiger partial charge is 0.294 e. The molecule has 11 heteroatoms. The maximum absolute atomic E-state index is 12.9. The molecule has 2 fully saturated rings. The number of nitrogens with zero attached hydrogens (tertiary/aromatic N) is 3. The fourth-order valence-corrected chi connectivity index (χ4v) is 6.14. The zero-order chi connectivity index (χ0) is 25.8. The molecule has 0 bridgehead atoms. The summed E-state index contributed by atoms with van der Waals surface area (Å²) < 4.78 is 6.68. The van der Waals surface area contributed by atoms with E-state index < -0.39 is 11.1 Å². The number of ketones is 1. The molecule has 2 aliphatic rings. The molecule has 0 unspecified atom stereocenters. The molecule has 0 radical (unpaired) electrons. The topological polar surface area (TPSA) is 87.2 Å². The molecule has 8 nitrogen and oxygen atoms in total. The lowest BCUT2D eigenvalue weighted by molar-refractivity contribution is -0.136. The van der Waals surface area contributed by atoms with E-state index in [-0.39, 0.29) is 29.7 Å². The molecule has 0 N–H and O–H groups in total. The van der Waals surface area contributed by atoms with Crippen molar-refractivity contribution in [3.63, 3.8) is 0 Å². The summed E-state index contributed by atoms with van der Waals surface area (Å²) in [5.41, 5.74) is 1.76. The zero-order valence-corrected chi connectivity index (χ0v) is 23.4. The molecule has 0 spiro atoms. The van der Waals surface area contributed by atoms with Crippen molar-refractivity contribution < 1.29 is 23.9 Å². The Bertz CT molecular complexity index is 1210. The van der Waals surface area contributed by atoms with Crippen LogP contribution in [0.5, 0.6) is 5.75 Å². The third-order valence-electron chi connectivity index (χ3n) is 5.66. The summed E-state index contributed by atoms with van der Waals surface area (Å²) in [4.78, 5) is 54.7. The van der Waals surface area contributed by atoms with Gasteiger partial charge in [0.1, 0.15) is 18.9 Å². The van der Waals surface area contributed by atoms with Crippen LogP contribution in [0.15, 0.2) is 56.3 Å².